The number of benzene rings is 1. The molecule has 0 bridgehead atoms. The molecule has 152 valence electrons. The molecule has 7 nitrogen and oxygen atoms in total. The van der Waals surface area contributed by atoms with Gasteiger partial charge in [0.2, 0.25) is 10.0 Å². The Morgan fingerprint density at radius 3 is 2.64 bits per heavy atom. The van der Waals surface area contributed by atoms with E-state index < -0.39 is 38.3 Å². The Bertz CT molecular complexity index is 1000. The highest BCUT2D eigenvalue weighted by molar-refractivity contribution is 7.89. The Hall–Kier alpha value is -2.13. The van der Waals surface area contributed by atoms with Gasteiger partial charge >= 0.3 is 6.18 Å². The van der Waals surface area contributed by atoms with Crippen molar-refractivity contribution < 1.29 is 21.6 Å². The number of hydrogen-bond acceptors (Lipinski definition) is 5. The molecule has 0 radical (unpaired) electrons. The number of alkyl halides is 3. The number of aromatic nitrogens is 2. The van der Waals surface area contributed by atoms with E-state index in [9.17, 15) is 21.6 Å². The molecule has 0 amide bonds. The van der Waals surface area contributed by atoms with Gasteiger partial charge in [-0.25, -0.2) is 13.4 Å². The van der Waals surface area contributed by atoms with E-state index in [1.807, 2.05) is 0 Å². The summed E-state index contributed by atoms with van der Waals surface area (Å²) in [5.41, 5.74) is -1.89. The monoisotopic (exact) mass is 435 g/mol. The number of nitriles is 1. The molecule has 12 heteroatoms. The first-order valence-corrected chi connectivity index (χ1v) is 9.41. The zero-order chi connectivity index (χ0) is 19.8. The number of nitrogens with one attached hydrogen (secondary N) is 1. The lowest BCUT2D eigenvalue weighted by Gasteiger charge is -2.34. The Morgan fingerprint density at radius 1 is 1.36 bits per heavy atom. The standard InChI is InChI=1S/C16H16F3N5O2S.ClH/c1-23-6-5-22-15(23)14-10-21-4-7-24(14)27(25,26)12-3-2-11(9-20)13(8-12)16(17,18)19;/h2-3,5-6,8,14,21H,4,7,10H2,1H3;1H. The minimum Gasteiger partial charge on any atom is -0.337 e. The van der Waals surface area contributed by atoms with Gasteiger partial charge < -0.3 is 9.88 Å². The number of rotatable bonds is 3. The Kier molecular flexibility index (Phi) is 6.40. The highest BCUT2D eigenvalue weighted by Crippen LogP contribution is 2.35. The maximum atomic E-state index is 13.2. The van der Waals surface area contributed by atoms with E-state index in [0.29, 0.717) is 18.4 Å². The summed E-state index contributed by atoms with van der Waals surface area (Å²) in [6.45, 7) is 0.732. The number of imidazole rings is 1. The molecule has 2 heterocycles. The smallest absolute Gasteiger partial charge is 0.337 e. The molecule has 1 N–H and O–H groups in total. The summed E-state index contributed by atoms with van der Waals surface area (Å²) in [5.74, 6) is 0.482. The van der Waals surface area contributed by atoms with Crippen molar-refractivity contribution in [2.45, 2.75) is 17.1 Å². The normalized spacial score (nSPS) is 18.3. The fraction of sp³-hybridized carbons (Fsp3) is 0.375. The first kappa shape index (κ1) is 22.2. The molecule has 1 aromatic heterocycles. The highest BCUT2D eigenvalue weighted by atomic mass is 35.5. The van der Waals surface area contributed by atoms with Crippen molar-refractivity contribution in [2.75, 3.05) is 19.6 Å². The van der Waals surface area contributed by atoms with Crippen LogP contribution >= 0.6 is 12.4 Å². The van der Waals surface area contributed by atoms with Crippen LogP contribution in [-0.2, 0) is 23.2 Å². The van der Waals surface area contributed by atoms with Crippen LogP contribution in [0.25, 0.3) is 0 Å². The molecule has 2 aromatic rings. The summed E-state index contributed by atoms with van der Waals surface area (Å²) in [5, 5.41) is 12.0. The third-order valence-corrected chi connectivity index (χ3v) is 6.28. The first-order chi connectivity index (χ1) is 12.7. The topological polar surface area (TPSA) is 91.0 Å². The summed E-state index contributed by atoms with van der Waals surface area (Å²) in [6, 6.07) is 3.22. The molecule has 1 aliphatic heterocycles. The quantitative estimate of drug-likeness (QED) is 0.797. The lowest BCUT2D eigenvalue weighted by Crippen LogP contribution is -2.49. The minimum absolute atomic E-state index is 0. The number of hydrogen-bond donors (Lipinski definition) is 1. The van der Waals surface area contributed by atoms with Crippen LogP contribution in [0.4, 0.5) is 13.2 Å². The average Bonchev–Trinajstić information content (AvgIpc) is 3.06. The van der Waals surface area contributed by atoms with Gasteiger partial charge in [0.05, 0.1) is 28.1 Å². The van der Waals surface area contributed by atoms with Crippen molar-refractivity contribution in [3.05, 3.63) is 47.5 Å². The lowest BCUT2D eigenvalue weighted by atomic mass is 10.1. The van der Waals surface area contributed by atoms with E-state index in [2.05, 4.69) is 10.3 Å². The molecule has 1 saturated heterocycles. The molecule has 1 atom stereocenters. The van der Waals surface area contributed by atoms with Crippen LogP contribution in [-0.4, -0.2) is 41.9 Å². The number of nitrogens with zero attached hydrogens (tertiary/aromatic N) is 4. The summed E-state index contributed by atoms with van der Waals surface area (Å²) in [7, 11) is -2.52. The lowest BCUT2D eigenvalue weighted by molar-refractivity contribution is -0.137. The van der Waals surface area contributed by atoms with Gasteiger partial charge in [0.1, 0.15) is 5.82 Å². The van der Waals surface area contributed by atoms with Crippen molar-refractivity contribution in [3.63, 3.8) is 0 Å². The summed E-state index contributed by atoms with van der Waals surface area (Å²) < 4.78 is 68.6. The second-order valence-corrected chi connectivity index (χ2v) is 7.94. The predicted molar refractivity (Wildman–Crippen MR) is 96.1 cm³/mol. The second kappa shape index (κ2) is 8.08. The summed E-state index contributed by atoms with van der Waals surface area (Å²) in [4.78, 5) is 3.67. The summed E-state index contributed by atoms with van der Waals surface area (Å²) >= 11 is 0. The van der Waals surface area contributed by atoms with Gasteiger partial charge in [0, 0.05) is 39.1 Å². The fourth-order valence-corrected chi connectivity index (χ4v) is 4.66. The molecule has 1 unspecified atom stereocenters. The van der Waals surface area contributed by atoms with E-state index in [0.717, 1.165) is 16.4 Å². The number of piperazine rings is 1. The van der Waals surface area contributed by atoms with Gasteiger partial charge in [0.25, 0.3) is 0 Å². The van der Waals surface area contributed by atoms with E-state index in [1.54, 1.807) is 17.8 Å². The van der Waals surface area contributed by atoms with Gasteiger partial charge in [0.15, 0.2) is 0 Å². The van der Waals surface area contributed by atoms with Gasteiger partial charge in [-0.3, -0.25) is 0 Å². The van der Waals surface area contributed by atoms with Crippen LogP contribution in [0, 0.1) is 11.3 Å². The summed E-state index contributed by atoms with van der Waals surface area (Å²) in [6.07, 6.45) is -1.64. The molecule has 28 heavy (non-hydrogen) atoms. The van der Waals surface area contributed by atoms with Crippen LogP contribution in [0.2, 0.25) is 0 Å². The van der Waals surface area contributed by atoms with E-state index >= 15 is 0 Å². The minimum atomic E-state index is -4.83. The van der Waals surface area contributed by atoms with E-state index in [-0.39, 0.29) is 25.5 Å². The van der Waals surface area contributed by atoms with Gasteiger partial charge in [-0.15, -0.1) is 12.4 Å². The fourth-order valence-electron chi connectivity index (χ4n) is 3.04. The molecule has 0 saturated carbocycles. The van der Waals surface area contributed by atoms with Crippen LogP contribution in [0.3, 0.4) is 0 Å². The van der Waals surface area contributed by atoms with Gasteiger partial charge in [-0.1, -0.05) is 0 Å². The van der Waals surface area contributed by atoms with E-state index in [4.69, 9.17) is 5.26 Å². The van der Waals surface area contributed by atoms with Crippen LogP contribution in [0.1, 0.15) is 23.0 Å². The Morgan fingerprint density at radius 2 is 2.07 bits per heavy atom. The van der Waals surface area contributed by atoms with Crippen LogP contribution < -0.4 is 5.32 Å². The zero-order valence-corrected chi connectivity index (χ0v) is 16.3. The molecular formula is C16H17ClF3N5O2S. The molecule has 0 aliphatic carbocycles. The number of halogens is 4. The molecule has 1 aliphatic rings. The van der Waals surface area contributed by atoms with Crippen molar-refractivity contribution in [2.24, 2.45) is 7.05 Å². The molecule has 0 spiro atoms. The molecule has 3 rings (SSSR count). The molecular weight excluding hydrogens is 419 g/mol. The van der Waals surface area contributed by atoms with Gasteiger partial charge in [-0.05, 0) is 18.2 Å². The maximum absolute atomic E-state index is 13.2. The van der Waals surface area contributed by atoms with Crippen molar-refractivity contribution in [1.82, 2.24) is 19.2 Å². The largest absolute Gasteiger partial charge is 0.417 e. The van der Waals surface area contributed by atoms with Crippen molar-refractivity contribution in [3.8, 4) is 6.07 Å². The molecule has 1 fully saturated rings. The predicted octanol–water partition coefficient (Wildman–Crippen LogP) is 2.07. The SMILES string of the molecule is Cl.Cn1ccnc1C1CNCCN1S(=O)(=O)c1ccc(C#N)c(C(F)(F)F)c1. The van der Waals surface area contributed by atoms with Crippen LogP contribution in [0.5, 0.6) is 0 Å². The number of aryl methyl sites for hydroxylation is 1. The van der Waals surface area contributed by atoms with Crippen molar-refractivity contribution >= 4 is 22.4 Å². The third kappa shape index (κ3) is 4.00. The zero-order valence-electron chi connectivity index (χ0n) is 14.6. The Labute approximate surface area is 166 Å². The van der Waals surface area contributed by atoms with Crippen LogP contribution in [0.15, 0.2) is 35.5 Å². The second-order valence-electron chi connectivity index (χ2n) is 6.05. The third-order valence-electron chi connectivity index (χ3n) is 4.37. The first-order valence-electron chi connectivity index (χ1n) is 7.97. The highest BCUT2D eigenvalue weighted by Gasteiger charge is 2.39. The molecule has 1 aromatic carbocycles. The van der Waals surface area contributed by atoms with Crippen molar-refractivity contribution in [1.29, 1.82) is 5.26 Å². The Balaban J connectivity index is 0.00000280. The maximum Gasteiger partial charge on any atom is 0.417 e. The van der Waals surface area contributed by atoms with Gasteiger partial charge in [-0.2, -0.15) is 22.7 Å². The average molecular weight is 436 g/mol. The number of sulfonamides is 1. The van der Waals surface area contributed by atoms with E-state index in [1.165, 1.54) is 12.3 Å².